The van der Waals surface area contributed by atoms with Crippen LogP contribution in [0.2, 0.25) is 5.02 Å². The van der Waals surface area contributed by atoms with E-state index in [1.165, 1.54) is 18.2 Å². The quantitative estimate of drug-likeness (QED) is 0.695. The minimum atomic E-state index is -3.80. The molecule has 0 aliphatic rings. The second-order valence-electron chi connectivity index (χ2n) is 5.18. The number of nitrogens with zero attached hydrogens (tertiary/aromatic N) is 3. The largest absolute Gasteiger partial charge is 0.339 e. The van der Waals surface area contributed by atoms with Gasteiger partial charge in [0.2, 0.25) is 0 Å². The van der Waals surface area contributed by atoms with E-state index in [2.05, 4.69) is 20.2 Å². The van der Waals surface area contributed by atoms with Gasteiger partial charge in [0.15, 0.2) is 11.6 Å². The summed E-state index contributed by atoms with van der Waals surface area (Å²) in [5.41, 5.74) is 1.28. The first-order valence-corrected chi connectivity index (χ1v) is 9.22. The monoisotopic (exact) mass is 385 g/mol. The van der Waals surface area contributed by atoms with Gasteiger partial charge in [0.05, 0.1) is 16.5 Å². The van der Waals surface area contributed by atoms with Crippen LogP contribution in [0.25, 0.3) is 0 Å². The second kappa shape index (κ2) is 7.39. The molecule has 9 heteroatoms. The molecule has 2 N–H and O–H groups in total. The highest BCUT2D eigenvalue weighted by Gasteiger charge is 2.15. The van der Waals surface area contributed by atoms with Gasteiger partial charge in [-0.1, -0.05) is 17.7 Å². The Kier molecular flexibility index (Phi) is 5.02. The molecule has 130 valence electrons. The first-order chi connectivity index (χ1) is 12.5. The molecule has 0 amide bonds. The molecule has 0 bridgehead atoms. The zero-order valence-electron chi connectivity index (χ0n) is 13.2. The molecule has 3 aromatic rings. The Labute approximate surface area is 155 Å². The van der Waals surface area contributed by atoms with E-state index in [-0.39, 0.29) is 10.7 Å². The lowest BCUT2D eigenvalue weighted by Crippen LogP contribution is -2.14. The van der Waals surface area contributed by atoms with Crippen LogP contribution in [0, 0.1) is 11.3 Å². The second-order valence-corrected chi connectivity index (χ2v) is 7.30. The molecule has 0 aliphatic carbocycles. The van der Waals surface area contributed by atoms with Crippen molar-refractivity contribution in [3.63, 3.8) is 0 Å². The number of nitrogens with one attached hydrogen (secondary N) is 2. The van der Waals surface area contributed by atoms with Gasteiger partial charge in [0, 0.05) is 10.7 Å². The standard InChI is InChI=1S/C17H12ClN5O2S/c18-13-2-1-3-15(10-13)26(24,25)23-17-9-8-16(21-22-17)20-14-6-4-12(11-19)5-7-14/h1-10H,(H,20,21)(H,22,23). The highest BCUT2D eigenvalue weighted by atomic mass is 35.5. The molecule has 7 nitrogen and oxygen atoms in total. The maximum atomic E-state index is 12.3. The topological polar surface area (TPSA) is 108 Å². The summed E-state index contributed by atoms with van der Waals surface area (Å²) in [5.74, 6) is 0.510. The zero-order valence-corrected chi connectivity index (χ0v) is 14.8. The van der Waals surface area contributed by atoms with Gasteiger partial charge in [-0.05, 0) is 54.6 Å². The molecule has 2 aromatic carbocycles. The fourth-order valence-corrected chi connectivity index (χ4v) is 3.36. The van der Waals surface area contributed by atoms with E-state index in [0.717, 1.165) is 5.69 Å². The summed E-state index contributed by atoms with van der Waals surface area (Å²) in [7, 11) is -3.80. The van der Waals surface area contributed by atoms with Crippen LogP contribution >= 0.6 is 11.6 Å². The third-order valence-corrected chi connectivity index (χ3v) is 4.88. The summed E-state index contributed by atoms with van der Waals surface area (Å²) >= 11 is 5.82. The lowest BCUT2D eigenvalue weighted by molar-refractivity contribution is 0.601. The Morgan fingerprint density at radius 3 is 2.27 bits per heavy atom. The van der Waals surface area contributed by atoms with Crippen LogP contribution in [0.4, 0.5) is 17.3 Å². The first kappa shape index (κ1) is 17.7. The Morgan fingerprint density at radius 2 is 1.65 bits per heavy atom. The minimum Gasteiger partial charge on any atom is -0.339 e. The number of hydrogen-bond acceptors (Lipinski definition) is 6. The van der Waals surface area contributed by atoms with E-state index in [1.807, 2.05) is 6.07 Å². The fraction of sp³-hybridized carbons (Fsp3) is 0. The first-order valence-electron chi connectivity index (χ1n) is 7.35. The smallest absolute Gasteiger partial charge is 0.263 e. The van der Waals surface area contributed by atoms with Gasteiger partial charge >= 0.3 is 0 Å². The SMILES string of the molecule is N#Cc1ccc(Nc2ccc(NS(=O)(=O)c3cccc(Cl)c3)nn2)cc1. The maximum absolute atomic E-state index is 12.3. The van der Waals surface area contributed by atoms with Crippen LogP contribution in [-0.4, -0.2) is 18.6 Å². The van der Waals surface area contributed by atoms with Crippen molar-refractivity contribution >= 4 is 38.9 Å². The third-order valence-electron chi connectivity index (χ3n) is 3.30. The van der Waals surface area contributed by atoms with Gasteiger partial charge in [-0.3, -0.25) is 4.72 Å². The van der Waals surface area contributed by atoms with Crippen molar-refractivity contribution in [1.82, 2.24) is 10.2 Å². The number of anilines is 3. The van der Waals surface area contributed by atoms with Crippen LogP contribution < -0.4 is 10.0 Å². The van der Waals surface area contributed by atoms with Crippen molar-refractivity contribution in [2.45, 2.75) is 4.90 Å². The molecule has 0 aliphatic heterocycles. The Hall–Kier alpha value is -3.15. The van der Waals surface area contributed by atoms with E-state index >= 15 is 0 Å². The van der Waals surface area contributed by atoms with Crippen molar-refractivity contribution in [2.24, 2.45) is 0 Å². The molecule has 0 unspecified atom stereocenters. The summed E-state index contributed by atoms with van der Waals surface area (Å²) < 4.78 is 27.0. The van der Waals surface area contributed by atoms with Crippen LogP contribution in [0.5, 0.6) is 0 Å². The molecule has 0 saturated heterocycles. The van der Waals surface area contributed by atoms with Crippen LogP contribution in [-0.2, 0) is 10.0 Å². The molecular weight excluding hydrogens is 374 g/mol. The van der Waals surface area contributed by atoms with Gasteiger partial charge < -0.3 is 5.32 Å². The average Bonchev–Trinajstić information content (AvgIpc) is 2.64. The fourth-order valence-electron chi connectivity index (χ4n) is 2.06. The van der Waals surface area contributed by atoms with Gasteiger partial charge in [-0.2, -0.15) is 5.26 Å². The van der Waals surface area contributed by atoms with Crippen LogP contribution in [0.3, 0.4) is 0 Å². The van der Waals surface area contributed by atoms with Gasteiger partial charge in [-0.25, -0.2) is 8.42 Å². The lowest BCUT2D eigenvalue weighted by atomic mass is 10.2. The molecule has 0 fully saturated rings. The Bertz CT molecular complexity index is 1060. The van der Waals surface area contributed by atoms with Crippen LogP contribution in [0.15, 0.2) is 65.6 Å². The molecule has 0 atom stereocenters. The highest BCUT2D eigenvalue weighted by molar-refractivity contribution is 7.92. The lowest BCUT2D eigenvalue weighted by Gasteiger charge is -2.08. The number of hydrogen-bond donors (Lipinski definition) is 2. The van der Waals surface area contributed by atoms with Crippen molar-refractivity contribution in [2.75, 3.05) is 10.0 Å². The third kappa shape index (κ3) is 4.27. The molecule has 0 saturated carbocycles. The highest BCUT2D eigenvalue weighted by Crippen LogP contribution is 2.19. The van der Waals surface area contributed by atoms with E-state index in [0.29, 0.717) is 16.4 Å². The summed E-state index contributed by atoms with van der Waals surface area (Å²) in [4.78, 5) is 0.0339. The normalized spacial score (nSPS) is 10.8. The average molecular weight is 386 g/mol. The van der Waals surface area contributed by atoms with Crippen molar-refractivity contribution in [3.05, 3.63) is 71.2 Å². The summed E-state index contributed by atoms with van der Waals surface area (Å²) in [5, 5.41) is 19.9. The minimum absolute atomic E-state index is 0.0339. The maximum Gasteiger partial charge on any atom is 0.263 e. The summed E-state index contributed by atoms with van der Waals surface area (Å²) in [6.07, 6.45) is 0. The number of sulfonamides is 1. The Balaban J connectivity index is 1.72. The number of aromatic nitrogens is 2. The molecule has 3 rings (SSSR count). The predicted octanol–water partition coefficient (Wildman–Crippen LogP) is 3.55. The molecular formula is C17H12ClN5O2S. The summed E-state index contributed by atoms with van der Waals surface area (Å²) in [6.45, 7) is 0. The van der Waals surface area contributed by atoms with Crippen molar-refractivity contribution in [1.29, 1.82) is 5.26 Å². The van der Waals surface area contributed by atoms with Crippen molar-refractivity contribution < 1.29 is 8.42 Å². The number of benzene rings is 2. The van der Waals surface area contributed by atoms with E-state index in [4.69, 9.17) is 16.9 Å². The van der Waals surface area contributed by atoms with Crippen molar-refractivity contribution in [3.8, 4) is 6.07 Å². The molecule has 1 aromatic heterocycles. The van der Waals surface area contributed by atoms with Gasteiger partial charge in [-0.15, -0.1) is 10.2 Å². The number of halogens is 1. The van der Waals surface area contributed by atoms with Crippen LogP contribution in [0.1, 0.15) is 5.56 Å². The molecule has 1 heterocycles. The number of rotatable bonds is 5. The van der Waals surface area contributed by atoms with E-state index in [1.54, 1.807) is 42.5 Å². The van der Waals surface area contributed by atoms with E-state index in [9.17, 15) is 8.42 Å². The Morgan fingerprint density at radius 1 is 0.962 bits per heavy atom. The number of nitriles is 1. The zero-order chi connectivity index (χ0) is 18.6. The molecule has 0 spiro atoms. The van der Waals surface area contributed by atoms with Gasteiger partial charge in [0.1, 0.15) is 0 Å². The molecule has 0 radical (unpaired) electrons. The predicted molar refractivity (Wildman–Crippen MR) is 98.7 cm³/mol. The van der Waals surface area contributed by atoms with Gasteiger partial charge in [0.25, 0.3) is 10.0 Å². The summed E-state index contributed by atoms with van der Waals surface area (Å²) in [6, 6.07) is 17.8. The van der Waals surface area contributed by atoms with E-state index < -0.39 is 10.0 Å². The molecule has 26 heavy (non-hydrogen) atoms.